The molecule has 3 rings (SSSR count). The summed E-state index contributed by atoms with van der Waals surface area (Å²) in [5, 5.41) is 4.33. The first-order chi connectivity index (χ1) is 9.44. The monoisotopic (exact) mass is 312 g/mol. The van der Waals surface area contributed by atoms with E-state index in [0.29, 0.717) is 11.0 Å². The summed E-state index contributed by atoms with van der Waals surface area (Å²) in [7, 11) is -1.91. The second kappa shape index (κ2) is 4.85. The van der Waals surface area contributed by atoms with Gasteiger partial charge in [0.2, 0.25) is 0 Å². The quantitative estimate of drug-likeness (QED) is 0.937. The molecule has 0 bridgehead atoms. The molecule has 2 aromatic heterocycles. The van der Waals surface area contributed by atoms with Gasteiger partial charge in [-0.3, -0.25) is 9.40 Å². The van der Waals surface area contributed by atoms with Crippen molar-refractivity contribution in [2.24, 2.45) is 13.0 Å². The number of anilines is 1. The van der Waals surface area contributed by atoms with E-state index in [2.05, 4.69) is 21.7 Å². The maximum absolute atomic E-state index is 12.2. The Morgan fingerprint density at radius 3 is 3.00 bits per heavy atom. The zero-order valence-electron chi connectivity index (χ0n) is 11.3. The summed E-state index contributed by atoms with van der Waals surface area (Å²) in [4.78, 5) is 5.76. The van der Waals surface area contributed by atoms with Crippen molar-refractivity contribution in [1.29, 1.82) is 0 Å². The van der Waals surface area contributed by atoms with Gasteiger partial charge in [0.1, 0.15) is 4.90 Å². The average Bonchev–Trinajstić information content (AvgIpc) is 2.94. The van der Waals surface area contributed by atoms with Crippen molar-refractivity contribution in [2.45, 2.75) is 31.1 Å². The lowest BCUT2D eigenvalue weighted by atomic mass is 9.93. The Bertz CT molecular complexity index is 732. The molecule has 0 saturated carbocycles. The molecule has 0 aromatic carbocycles. The third kappa shape index (κ3) is 2.57. The summed E-state index contributed by atoms with van der Waals surface area (Å²) in [6, 6.07) is 0. The minimum Gasteiger partial charge on any atom is -0.274 e. The zero-order chi connectivity index (χ0) is 14.3. The van der Waals surface area contributed by atoms with Crippen molar-refractivity contribution in [2.75, 3.05) is 4.72 Å². The maximum Gasteiger partial charge on any atom is 0.266 e. The average molecular weight is 312 g/mol. The molecule has 0 spiro atoms. The van der Waals surface area contributed by atoms with Crippen LogP contribution in [0.4, 0.5) is 5.13 Å². The first-order valence-electron chi connectivity index (χ1n) is 6.44. The molecular weight excluding hydrogens is 296 g/mol. The third-order valence-corrected chi connectivity index (χ3v) is 5.86. The molecule has 0 radical (unpaired) electrons. The van der Waals surface area contributed by atoms with Crippen LogP contribution in [-0.2, 0) is 29.9 Å². The first-order valence-corrected chi connectivity index (χ1v) is 8.74. The fourth-order valence-corrected chi connectivity index (χ4v) is 4.68. The normalized spacial score (nSPS) is 18.8. The molecule has 20 heavy (non-hydrogen) atoms. The molecule has 0 aliphatic heterocycles. The molecule has 0 fully saturated rings. The van der Waals surface area contributed by atoms with Crippen molar-refractivity contribution in [3.63, 3.8) is 0 Å². The first kappa shape index (κ1) is 13.6. The Morgan fingerprint density at radius 1 is 1.50 bits per heavy atom. The summed E-state index contributed by atoms with van der Waals surface area (Å²) in [5.74, 6) is 0.644. The van der Waals surface area contributed by atoms with E-state index >= 15 is 0 Å². The minimum absolute atomic E-state index is 0.154. The number of nitrogens with zero attached hydrogens (tertiary/aromatic N) is 3. The van der Waals surface area contributed by atoms with Crippen LogP contribution in [0.5, 0.6) is 0 Å². The summed E-state index contributed by atoms with van der Waals surface area (Å²) in [6.45, 7) is 2.21. The molecule has 0 unspecified atom stereocenters. The number of hydrogen-bond acceptors (Lipinski definition) is 5. The number of thiazole rings is 1. The zero-order valence-corrected chi connectivity index (χ0v) is 13.0. The number of aromatic nitrogens is 3. The van der Waals surface area contributed by atoms with Gasteiger partial charge in [0.05, 0.1) is 11.9 Å². The molecule has 108 valence electrons. The van der Waals surface area contributed by atoms with Crippen LogP contribution in [0.1, 0.15) is 23.9 Å². The molecule has 1 aliphatic carbocycles. The second-order valence-corrected chi connectivity index (χ2v) is 7.96. The third-order valence-electron chi connectivity index (χ3n) is 3.40. The highest BCUT2D eigenvalue weighted by molar-refractivity contribution is 7.93. The van der Waals surface area contributed by atoms with Gasteiger partial charge in [-0.05, 0) is 25.2 Å². The van der Waals surface area contributed by atoms with Gasteiger partial charge in [-0.15, -0.1) is 11.3 Å². The molecule has 6 nitrogen and oxygen atoms in total. The molecule has 1 atom stereocenters. The number of fused-ring (bicyclic) bond motifs is 1. The van der Waals surface area contributed by atoms with E-state index in [4.69, 9.17) is 0 Å². The molecule has 2 heterocycles. The molecule has 2 aromatic rings. The molecule has 1 N–H and O–H groups in total. The number of sulfonamides is 1. The highest BCUT2D eigenvalue weighted by Crippen LogP contribution is 2.32. The van der Waals surface area contributed by atoms with Crippen molar-refractivity contribution in [3.05, 3.63) is 23.0 Å². The number of hydrogen-bond donors (Lipinski definition) is 1. The fraction of sp³-hybridized carbons (Fsp3) is 0.500. The maximum atomic E-state index is 12.2. The number of nitrogens with one attached hydrogen (secondary N) is 1. The summed E-state index contributed by atoms with van der Waals surface area (Å²) >= 11 is 1.44. The van der Waals surface area contributed by atoms with Gasteiger partial charge < -0.3 is 0 Å². The summed E-state index contributed by atoms with van der Waals surface area (Å²) in [5.41, 5.74) is 1.04. The predicted molar refractivity (Wildman–Crippen MR) is 77.3 cm³/mol. The summed E-state index contributed by atoms with van der Waals surface area (Å²) < 4.78 is 28.4. The van der Waals surface area contributed by atoms with E-state index in [0.717, 1.165) is 25.0 Å². The van der Waals surface area contributed by atoms with Crippen LogP contribution in [0.15, 0.2) is 17.3 Å². The lowest BCUT2D eigenvalue weighted by Gasteiger charge is -2.15. The fourth-order valence-electron chi connectivity index (χ4n) is 2.29. The molecule has 0 saturated heterocycles. The highest BCUT2D eigenvalue weighted by atomic mass is 32.2. The van der Waals surface area contributed by atoms with E-state index in [-0.39, 0.29) is 4.90 Å². The van der Waals surface area contributed by atoms with Gasteiger partial charge in [0.15, 0.2) is 5.13 Å². The van der Waals surface area contributed by atoms with Crippen LogP contribution in [0.25, 0.3) is 0 Å². The Labute approximate surface area is 121 Å². The van der Waals surface area contributed by atoms with E-state index in [1.54, 1.807) is 7.05 Å². The van der Waals surface area contributed by atoms with E-state index in [9.17, 15) is 8.42 Å². The number of rotatable bonds is 3. The van der Waals surface area contributed by atoms with Crippen molar-refractivity contribution < 1.29 is 8.42 Å². The Hall–Kier alpha value is -1.41. The van der Waals surface area contributed by atoms with Crippen LogP contribution in [0, 0.1) is 5.92 Å². The number of aryl methyl sites for hydroxylation is 2. The molecule has 1 aliphatic rings. The standard InChI is InChI=1S/C12H16N4O2S2/c1-8-3-4-10-11(5-8)19-12(14-10)15-20(17,18)9-6-13-16(2)7-9/h6-8H,3-5H2,1-2H3,(H,14,15)/t8-/m0/s1. The lowest BCUT2D eigenvalue weighted by molar-refractivity contribution is 0.502. The molecule has 0 amide bonds. The van der Waals surface area contributed by atoms with Gasteiger partial charge >= 0.3 is 0 Å². The van der Waals surface area contributed by atoms with Gasteiger partial charge in [-0.2, -0.15) is 5.10 Å². The lowest BCUT2D eigenvalue weighted by Crippen LogP contribution is -2.12. The topological polar surface area (TPSA) is 76.9 Å². The van der Waals surface area contributed by atoms with Crippen LogP contribution in [0.3, 0.4) is 0 Å². The SMILES string of the molecule is C[C@H]1CCc2nc(NS(=O)(=O)c3cnn(C)c3)sc2C1. The van der Waals surface area contributed by atoms with Crippen LogP contribution >= 0.6 is 11.3 Å². The van der Waals surface area contributed by atoms with Crippen molar-refractivity contribution >= 4 is 26.5 Å². The Morgan fingerprint density at radius 2 is 2.30 bits per heavy atom. The second-order valence-electron chi connectivity index (χ2n) is 5.19. The van der Waals surface area contributed by atoms with Gasteiger partial charge in [-0.1, -0.05) is 6.92 Å². The molecule has 8 heteroatoms. The minimum atomic E-state index is -3.59. The van der Waals surface area contributed by atoms with Crippen molar-refractivity contribution in [3.8, 4) is 0 Å². The van der Waals surface area contributed by atoms with Gasteiger partial charge in [0, 0.05) is 18.1 Å². The van der Waals surface area contributed by atoms with Crippen LogP contribution in [-0.4, -0.2) is 23.2 Å². The van der Waals surface area contributed by atoms with E-state index in [1.807, 2.05) is 0 Å². The highest BCUT2D eigenvalue weighted by Gasteiger charge is 2.23. The Kier molecular flexibility index (Phi) is 3.29. The smallest absolute Gasteiger partial charge is 0.266 e. The summed E-state index contributed by atoms with van der Waals surface area (Å²) in [6.07, 6.45) is 5.84. The van der Waals surface area contributed by atoms with Crippen LogP contribution < -0.4 is 4.72 Å². The van der Waals surface area contributed by atoms with Gasteiger partial charge in [-0.25, -0.2) is 13.4 Å². The van der Waals surface area contributed by atoms with Crippen LogP contribution in [0.2, 0.25) is 0 Å². The van der Waals surface area contributed by atoms with Crippen molar-refractivity contribution in [1.82, 2.24) is 14.8 Å². The predicted octanol–water partition coefficient (Wildman–Crippen LogP) is 1.80. The molecular formula is C12H16N4O2S2. The van der Waals surface area contributed by atoms with E-state index < -0.39 is 10.0 Å². The largest absolute Gasteiger partial charge is 0.274 e. The van der Waals surface area contributed by atoms with Gasteiger partial charge in [0.25, 0.3) is 10.0 Å². The van der Waals surface area contributed by atoms with E-state index in [1.165, 1.54) is 33.3 Å². The Balaban J connectivity index is 1.85.